The van der Waals surface area contributed by atoms with Gasteiger partial charge in [-0.3, -0.25) is 0 Å². The molecule has 0 saturated heterocycles. The van der Waals surface area contributed by atoms with Crippen molar-refractivity contribution in [2.24, 2.45) is 0 Å². The van der Waals surface area contributed by atoms with Crippen molar-refractivity contribution in [2.75, 3.05) is 13.2 Å². The van der Waals surface area contributed by atoms with Crippen molar-refractivity contribution in [3.8, 4) is 0 Å². The number of halogens is 1. The predicted molar refractivity (Wildman–Crippen MR) is 83.9 cm³/mol. The van der Waals surface area contributed by atoms with Crippen LogP contribution in [0.15, 0.2) is 24.3 Å². The van der Waals surface area contributed by atoms with Crippen LogP contribution in [0.4, 0.5) is 9.59 Å². The summed E-state index contributed by atoms with van der Waals surface area (Å²) in [5.41, 5.74) is 1.12. The monoisotopic (exact) mass is 342 g/mol. The molecule has 0 heterocycles. The van der Waals surface area contributed by atoms with Gasteiger partial charge >= 0.3 is 12.2 Å². The average molecular weight is 343 g/mol. The quantitative estimate of drug-likeness (QED) is 0.657. The molecule has 2 amide bonds. The molecular weight excluding hydrogens is 324 g/mol. The standard InChI is InChI=1S/C15H19ClN2O5/c1-4-22-13(20)17-18(14(21)23-5-2)15(3,10-19)11-7-6-8-12(16)9-11/h6-10H,4-5H2,1-3H3,(H,17,20)/t15-/m0/s1. The van der Waals surface area contributed by atoms with Crippen molar-refractivity contribution in [2.45, 2.75) is 26.3 Å². The first kappa shape index (κ1) is 18.8. The Labute approximate surface area is 139 Å². The van der Waals surface area contributed by atoms with Crippen LogP contribution in [0.2, 0.25) is 5.02 Å². The number of carbonyl (C=O) groups is 3. The molecule has 1 rings (SSSR count). The van der Waals surface area contributed by atoms with E-state index in [0.717, 1.165) is 5.01 Å². The SMILES string of the molecule is CCOC(=O)NN(C(=O)OCC)[C@@](C)(C=O)c1cccc(Cl)c1. The summed E-state index contributed by atoms with van der Waals surface area (Å²) in [4.78, 5) is 35.6. The molecule has 0 aromatic heterocycles. The number of benzene rings is 1. The lowest BCUT2D eigenvalue weighted by Gasteiger charge is -2.35. The van der Waals surface area contributed by atoms with Crippen molar-refractivity contribution >= 4 is 30.1 Å². The second kappa shape index (κ2) is 8.38. The zero-order valence-corrected chi connectivity index (χ0v) is 13.9. The number of ether oxygens (including phenoxy) is 2. The second-order valence-corrected chi connectivity index (χ2v) is 5.08. The highest BCUT2D eigenvalue weighted by atomic mass is 35.5. The van der Waals surface area contributed by atoms with Crippen molar-refractivity contribution < 1.29 is 23.9 Å². The molecule has 0 bridgehead atoms. The molecule has 1 aromatic carbocycles. The number of hydrogen-bond acceptors (Lipinski definition) is 5. The zero-order valence-electron chi connectivity index (χ0n) is 13.2. The Balaban J connectivity index is 3.25. The van der Waals surface area contributed by atoms with Crippen LogP contribution in [0.1, 0.15) is 26.3 Å². The van der Waals surface area contributed by atoms with E-state index in [4.69, 9.17) is 21.1 Å². The third-order valence-electron chi connectivity index (χ3n) is 3.03. The minimum Gasteiger partial charge on any atom is -0.449 e. The molecule has 0 aliphatic heterocycles. The minimum absolute atomic E-state index is 0.0737. The lowest BCUT2D eigenvalue weighted by atomic mass is 9.93. The van der Waals surface area contributed by atoms with Gasteiger partial charge in [0.1, 0.15) is 5.54 Å². The Hall–Kier alpha value is -2.28. The van der Waals surface area contributed by atoms with E-state index in [1.165, 1.54) is 13.0 Å². The fourth-order valence-corrected chi connectivity index (χ4v) is 2.04. The maximum atomic E-state index is 12.2. The lowest BCUT2D eigenvalue weighted by Crippen LogP contribution is -2.58. The predicted octanol–water partition coefficient (Wildman–Crippen LogP) is 2.87. The highest BCUT2D eigenvalue weighted by Crippen LogP contribution is 2.27. The third-order valence-corrected chi connectivity index (χ3v) is 3.27. The highest BCUT2D eigenvalue weighted by Gasteiger charge is 2.40. The summed E-state index contributed by atoms with van der Waals surface area (Å²) in [6, 6.07) is 6.39. The molecule has 0 aliphatic rings. The van der Waals surface area contributed by atoms with Crippen LogP contribution in [0.5, 0.6) is 0 Å². The summed E-state index contributed by atoms with van der Waals surface area (Å²) in [5, 5.41) is 1.17. The molecular formula is C15H19ClN2O5. The Morgan fingerprint density at radius 3 is 2.48 bits per heavy atom. The van der Waals surface area contributed by atoms with Crippen LogP contribution < -0.4 is 5.43 Å². The molecule has 126 valence electrons. The normalized spacial score (nSPS) is 12.7. The van der Waals surface area contributed by atoms with Crippen LogP contribution in [-0.2, 0) is 19.8 Å². The van der Waals surface area contributed by atoms with Gasteiger partial charge in [-0.1, -0.05) is 23.7 Å². The molecule has 0 radical (unpaired) electrons. The molecule has 8 heteroatoms. The smallest absolute Gasteiger partial charge is 0.430 e. The highest BCUT2D eigenvalue weighted by molar-refractivity contribution is 6.30. The molecule has 1 aromatic rings. The van der Waals surface area contributed by atoms with Gasteiger partial charge in [0.2, 0.25) is 0 Å². The van der Waals surface area contributed by atoms with Crippen molar-refractivity contribution in [1.29, 1.82) is 0 Å². The van der Waals surface area contributed by atoms with Crippen molar-refractivity contribution in [3.63, 3.8) is 0 Å². The first-order chi connectivity index (χ1) is 10.9. The Kier molecular flexibility index (Phi) is 6.84. The fraction of sp³-hybridized carbons (Fsp3) is 0.400. The zero-order chi connectivity index (χ0) is 17.5. The third kappa shape index (κ3) is 4.59. The van der Waals surface area contributed by atoms with Gasteiger partial charge in [0.15, 0.2) is 6.29 Å². The lowest BCUT2D eigenvalue weighted by molar-refractivity contribution is -0.119. The molecule has 1 N–H and O–H groups in total. The number of hydrogen-bond donors (Lipinski definition) is 1. The topological polar surface area (TPSA) is 84.9 Å². The number of amides is 2. The van der Waals surface area contributed by atoms with Gasteiger partial charge < -0.3 is 14.3 Å². The van der Waals surface area contributed by atoms with Gasteiger partial charge in [0.05, 0.1) is 13.2 Å². The van der Waals surface area contributed by atoms with Gasteiger partial charge in [0.25, 0.3) is 0 Å². The Bertz CT molecular complexity index is 581. The number of rotatable bonds is 5. The number of nitrogens with one attached hydrogen (secondary N) is 1. The molecule has 0 fully saturated rings. The summed E-state index contributed by atoms with van der Waals surface area (Å²) in [7, 11) is 0. The van der Waals surface area contributed by atoms with E-state index in [0.29, 0.717) is 16.9 Å². The number of aldehydes is 1. The van der Waals surface area contributed by atoms with Crippen LogP contribution in [0.25, 0.3) is 0 Å². The van der Waals surface area contributed by atoms with Crippen molar-refractivity contribution in [3.05, 3.63) is 34.9 Å². The van der Waals surface area contributed by atoms with E-state index < -0.39 is 17.7 Å². The first-order valence-corrected chi connectivity index (χ1v) is 7.39. The van der Waals surface area contributed by atoms with E-state index in [1.54, 1.807) is 32.0 Å². The molecule has 1 atom stereocenters. The minimum atomic E-state index is -1.52. The number of carbonyl (C=O) groups excluding carboxylic acids is 3. The summed E-state index contributed by atoms with van der Waals surface area (Å²) >= 11 is 5.95. The van der Waals surface area contributed by atoms with Crippen LogP contribution in [0.3, 0.4) is 0 Å². The average Bonchev–Trinajstić information content (AvgIpc) is 2.52. The summed E-state index contributed by atoms with van der Waals surface area (Å²) in [6.45, 7) is 4.86. The maximum Gasteiger partial charge on any atom is 0.430 e. The van der Waals surface area contributed by atoms with Gasteiger partial charge in [0, 0.05) is 5.02 Å². The van der Waals surface area contributed by atoms with Crippen molar-refractivity contribution in [1.82, 2.24) is 10.4 Å². The maximum absolute atomic E-state index is 12.2. The molecule has 23 heavy (non-hydrogen) atoms. The molecule has 0 saturated carbocycles. The summed E-state index contributed by atoms with van der Waals surface area (Å²) < 4.78 is 9.67. The fourth-order valence-electron chi connectivity index (χ4n) is 1.85. The molecule has 0 aliphatic carbocycles. The van der Waals surface area contributed by atoms with Crippen LogP contribution in [0, 0.1) is 0 Å². The van der Waals surface area contributed by atoms with E-state index in [1.807, 2.05) is 0 Å². The van der Waals surface area contributed by atoms with E-state index in [-0.39, 0.29) is 13.2 Å². The van der Waals surface area contributed by atoms with E-state index in [2.05, 4.69) is 5.43 Å². The number of hydrazine groups is 1. The van der Waals surface area contributed by atoms with Crippen LogP contribution in [-0.4, -0.2) is 36.7 Å². The number of nitrogens with zero attached hydrogens (tertiary/aromatic N) is 1. The Morgan fingerprint density at radius 1 is 1.30 bits per heavy atom. The molecule has 7 nitrogen and oxygen atoms in total. The van der Waals surface area contributed by atoms with Gasteiger partial charge in [-0.25, -0.2) is 15.0 Å². The van der Waals surface area contributed by atoms with Crippen LogP contribution >= 0.6 is 11.6 Å². The molecule has 0 spiro atoms. The second-order valence-electron chi connectivity index (χ2n) is 4.64. The van der Waals surface area contributed by atoms with Gasteiger partial charge in [-0.2, -0.15) is 5.01 Å². The van der Waals surface area contributed by atoms with Gasteiger partial charge in [-0.05, 0) is 38.5 Å². The Morgan fingerprint density at radius 2 is 1.96 bits per heavy atom. The van der Waals surface area contributed by atoms with E-state index in [9.17, 15) is 14.4 Å². The first-order valence-electron chi connectivity index (χ1n) is 7.01. The van der Waals surface area contributed by atoms with E-state index >= 15 is 0 Å². The largest absolute Gasteiger partial charge is 0.449 e. The molecule has 0 unspecified atom stereocenters. The summed E-state index contributed by atoms with van der Waals surface area (Å²) in [6.07, 6.45) is -1.26. The van der Waals surface area contributed by atoms with Gasteiger partial charge in [-0.15, -0.1) is 0 Å². The summed E-state index contributed by atoms with van der Waals surface area (Å²) in [5.74, 6) is 0.